The molecule has 1 N–H and O–H groups in total. The molecule has 1 heterocycles. The van der Waals surface area contributed by atoms with E-state index in [1.165, 1.54) is 4.57 Å². The van der Waals surface area contributed by atoms with Gasteiger partial charge in [0.2, 0.25) is 0 Å². The molecule has 4 aromatic rings. The number of para-hydroxylation sites is 2. The maximum atomic E-state index is 13.7. The summed E-state index contributed by atoms with van der Waals surface area (Å²) in [5.41, 5.74) is 1.35. The second kappa shape index (κ2) is 10.7. The Bertz CT molecular complexity index is 1450. The van der Waals surface area contributed by atoms with Gasteiger partial charge in [0.05, 0.1) is 42.5 Å². The standard InChI is InChI=1S/C27H27ClN4O4/c1-5-31(27(34)30-22-8-6-7-9-24(22)36-4)17(2)25-29-23-16-18(28)10-15-21(23)26(33)32(25)19-11-13-20(35-3)14-12-19/h6-17H,5H2,1-4H3,(H,30,34). The molecule has 0 saturated carbocycles. The van der Waals surface area contributed by atoms with Crippen LogP contribution in [0.3, 0.4) is 0 Å². The van der Waals surface area contributed by atoms with E-state index in [0.717, 1.165) is 0 Å². The van der Waals surface area contributed by atoms with Gasteiger partial charge in [-0.3, -0.25) is 9.36 Å². The average molecular weight is 507 g/mol. The smallest absolute Gasteiger partial charge is 0.322 e. The van der Waals surface area contributed by atoms with Crippen molar-refractivity contribution in [2.75, 3.05) is 26.1 Å². The first kappa shape index (κ1) is 25.1. The number of benzene rings is 3. The number of ether oxygens (including phenoxy) is 2. The highest BCUT2D eigenvalue weighted by atomic mass is 35.5. The second-order valence-corrected chi connectivity index (χ2v) is 8.50. The van der Waals surface area contributed by atoms with Gasteiger partial charge in [-0.25, -0.2) is 9.78 Å². The van der Waals surface area contributed by atoms with Gasteiger partial charge in [0.25, 0.3) is 5.56 Å². The van der Waals surface area contributed by atoms with Crippen molar-refractivity contribution < 1.29 is 14.3 Å². The largest absolute Gasteiger partial charge is 0.497 e. The van der Waals surface area contributed by atoms with Crippen molar-refractivity contribution >= 4 is 34.2 Å². The number of anilines is 1. The molecule has 0 aliphatic carbocycles. The summed E-state index contributed by atoms with van der Waals surface area (Å²) in [7, 11) is 3.12. The number of amides is 2. The molecule has 2 amide bonds. The summed E-state index contributed by atoms with van der Waals surface area (Å²) < 4.78 is 12.2. The van der Waals surface area contributed by atoms with E-state index in [1.807, 2.05) is 26.0 Å². The number of urea groups is 1. The summed E-state index contributed by atoms with van der Waals surface area (Å²) in [6, 6.07) is 18.3. The zero-order valence-corrected chi connectivity index (χ0v) is 21.2. The fourth-order valence-electron chi connectivity index (χ4n) is 4.10. The fraction of sp³-hybridized carbons (Fsp3) is 0.222. The van der Waals surface area contributed by atoms with E-state index in [0.29, 0.717) is 51.2 Å². The summed E-state index contributed by atoms with van der Waals surface area (Å²) >= 11 is 6.20. The zero-order valence-electron chi connectivity index (χ0n) is 20.5. The molecule has 0 spiro atoms. The van der Waals surface area contributed by atoms with Crippen LogP contribution in [0.2, 0.25) is 5.02 Å². The normalized spacial score (nSPS) is 11.7. The molecule has 4 rings (SSSR count). The third kappa shape index (κ3) is 4.85. The Balaban J connectivity index is 1.82. The lowest BCUT2D eigenvalue weighted by Gasteiger charge is -2.30. The van der Waals surface area contributed by atoms with Gasteiger partial charge in [0.1, 0.15) is 17.3 Å². The van der Waals surface area contributed by atoms with E-state index < -0.39 is 6.04 Å². The van der Waals surface area contributed by atoms with Crippen LogP contribution < -0.4 is 20.3 Å². The van der Waals surface area contributed by atoms with E-state index >= 15 is 0 Å². The minimum absolute atomic E-state index is 0.259. The van der Waals surface area contributed by atoms with Crippen LogP contribution in [0.4, 0.5) is 10.5 Å². The first-order valence-electron chi connectivity index (χ1n) is 11.4. The van der Waals surface area contributed by atoms with Crippen LogP contribution in [0.25, 0.3) is 16.6 Å². The number of hydrogen-bond acceptors (Lipinski definition) is 5. The van der Waals surface area contributed by atoms with Crippen LogP contribution in [0, 0.1) is 0 Å². The first-order valence-corrected chi connectivity index (χ1v) is 11.8. The summed E-state index contributed by atoms with van der Waals surface area (Å²) in [6.45, 7) is 4.07. The van der Waals surface area contributed by atoms with Crippen LogP contribution in [0.15, 0.2) is 71.5 Å². The van der Waals surface area contributed by atoms with Crippen molar-refractivity contribution in [3.8, 4) is 17.2 Å². The molecular formula is C27H27ClN4O4. The molecule has 0 fully saturated rings. The second-order valence-electron chi connectivity index (χ2n) is 8.06. The molecule has 36 heavy (non-hydrogen) atoms. The SMILES string of the molecule is CCN(C(=O)Nc1ccccc1OC)C(C)c1nc2cc(Cl)ccc2c(=O)n1-c1ccc(OC)cc1. The Morgan fingerprint density at radius 2 is 1.81 bits per heavy atom. The van der Waals surface area contributed by atoms with Crippen molar-refractivity contribution in [3.05, 3.63) is 87.9 Å². The van der Waals surface area contributed by atoms with Crippen molar-refractivity contribution in [1.29, 1.82) is 0 Å². The van der Waals surface area contributed by atoms with Gasteiger partial charge < -0.3 is 19.7 Å². The molecule has 0 aliphatic heterocycles. The van der Waals surface area contributed by atoms with E-state index in [1.54, 1.807) is 73.7 Å². The highest BCUT2D eigenvalue weighted by Gasteiger charge is 2.26. The number of carbonyl (C=O) groups excluding carboxylic acids is 1. The number of nitrogens with zero attached hydrogens (tertiary/aromatic N) is 3. The third-order valence-corrected chi connectivity index (χ3v) is 6.21. The van der Waals surface area contributed by atoms with Gasteiger partial charge >= 0.3 is 6.03 Å². The summed E-state index contributed by atoms with van der Waals surface area (Å²) in [5.74, 6) is 1.61. The van der Waals surface area contributed by atoms with E-state index in [4.69, 9.17) is 26.1 Å². The van der Waals surface area contributed by atoms with E-state index in [2.05, 4.69) is 5.32 Å². The molecule has 0 saturated heterocycles. The number of carbonyl (C=O) groups is 1. The summed E-state index contributed by atoms with van der Waals surface area (Å²) in [6.07, 6.45) is 0. The van der Waals surface area contributed by atoms with E-state index in [-0.39, 0.29) is 11.6 Å². The molecule has 3 aromatic carbocycles. The van der Waals surface area contributed by atoms with Crippen molar-refractivity contribution in [3.63, 3.8) is 0 Å². The Hall–Kier alpha value is -4.04. The lowest BCUT2D eigenvalue weighted by Crippen LogP contribution is -2.39. The Labute approximate surface area is 214 Å². The quantitative estimate of drug-likeness (QED) is 0.349. The van der Waals surface area contributed by atoms with Crippen LogP contribution in [0.1, 0.15) is 25.7 Å². The van der Waals surface area contributed by atoms with Crippen LogP contribution in [-0.4, -0.2) is 41.2 Å². The van der Waals surface area contributed by atoms with Crippen molar-refractivity contribution in [1.82, 2.24) is 14.5 Å². The summed E-state index contributed by atoms with van der Waals surface area (Å²) in [4.78, 5) is 33.5. The average Bonchev–Trinajstić information content (AvgIpc) is 2.89. The predicted molar refractivity (Wildman–Crippen MR) is 142 cm³/mol. The van der Waals surface area contributed by atoms with Gasteiger partial charge in [-0.2, -0.15) is 0 Å². The predicted octanol–water partition coefficient (Wildman–Crippen LogP) is 5.67. The Kier molecular flexibility index (Phi) is 7.45. The number of rotatable bonds is 7. The molecule has 0 radical (unpaired) electrons. The molecule has 1 unspecified atom stereocenters. The topological polar surface area (TPSA) is 85.7 Å². The monoisotopic (exact) mass is 506 g/mol. The molecule has 1 atom stereocenters. The van der Waals surface area contributed by atoms with Crippen molar-refractivity contribution in [2.24, 2.45) is 0 Å². The highest BCUT2D eigenvalue weighted by molar-refractivity contribution is 6.31. The first-order chi connectivity index (χ1) is 17.4. The molecule has 8 nitrogen and oxygen atoms in total. The van der Waals surface area contributed by atoms with E-state index in [9.17, 15) is 9.59 Å². The molecule has 0 bridgehead atoms. The summed E-state index contributed by atoms with van der Waals surface area (Å²) in [5, 5.41) is 3.80. The lowest BCUT2D eigenvalue weighted by molar-refractivity contribution is 0.193. The number of methoxy groups -OCH3 is 2. The molecule has 186 valence electrons. The number of fused-ring (bicyclic) bond motifs is 1. The Morgan fingerprint density at radius 1 is 1.08 bits per heavy atom. The Morgan fingerprint density at radius 3 is 2.47 bits per heavy atom. The maximum Gasteiger partial charge on any atom is 0.322 e. The van der Waals surface area contributed by atoms with Crippen LogP contribution >= 0.6 is 11.6 Å². The third-order valence-electron chi connectivity index (χ3n) is 5.98. The number of aromatic nitrogens is 2. The van der Waals surface area contributed by atoms with Crippen LogP contribution in [-0.2, 0) is 0 Å². The zero-order chi connectivity index (χ0) is 25.8. The molecule has 0 aliphatic rings. The maximum absolute atomic E-state index is 13.7. The number of nitrogens with one attached hydrogen (secondary N) is 1. The van der Waals surface area contributed by atoms with Gasteiger partial charge in [0, 0.05) is 11.6 Å². The lowest BCUT2D eigenvalue weighted by atomic mass is 10.2. The van der Waals surface area contributed by atoms with Crippen LogP contribution in [0.5, 0.6) is 11.5 Å². The minimum Gasteiger partial charge on any atom is -0.497 e. The van der Waals surface area contributed by atoms with Gasteiger partial charge in [0.15, 0.2) is 0 Å². The fourth-order valence-corrected chi connectivity index (χ4v) is 4.27. The van der Waals surface area contributed by atoms with Crippen molar-refractivity contribution in [2.45, 2.75) is 19.9 Å². The molecule has 9 heteroatoms. The number of halogens is 1. The highest BCUT2D eigenvalue weighted by Crippen LogP contribution is 2.27. The van der Waals surface area contributed by atoms with Gasteiger partial charge in [-0.05, 0) is 68.4 Å². The molecule has 1 aromatic heterocycles. The molecular weight excluding hydrogens is 480 g/mol. The van der Waals surface area contributed by atoms with Gasteiger partial charge in [-0.1, -0.05) is 23.7 Å². The van der Waals surface area contributed by atoms with Gasteiger partial charge in [-0.15, -0.1) is 0 Å². The minimum atomic E-state index is -0.567. The number of hydrogen-bond donors (Lipinski definition) is 1.